The zero-order valence-electron chi connectivity index (χ0n) is 32.6. The van der Waals surface area contributed by atoms with Gasteiger partial charge in [0, 0.05) is 46.0 Å². The topological polar surface area (TPSA) is 64.5 Å². The molecule has 4 unspecified atom stereocenters. The van der Waals surface area contributed by atoms with Crippen molar-refractivity contribution in [3.63, 3.8) is 0 Å². The van der Waals surface area contributed by atoms with E-state index in [1.54, 1.807) is 0 Å². The fourth-order valence-corrected chi connectivity index (χ4v) is 10.2. The summed E-state index contributed by atoms with van der Waals surface area (Å²) in [4.78, 5) is 30.3. The van der Waals surface area contributed by atoms with E-state index in [0.29, 0.717) is 0 Å². The lowest BCUT2D eigenvalue weighted by Crippen LogP contribution is -2.63. The van der Waals surface area contributed by atoms with Crippen LogP contribution in [0.2, 0.25) is 0 Å². The number of rotatable bonds is 10. The Balaban J connectivity index is 1.16. The van der Waals surface area contributed by atoms with Crippen molar-refractivity contribution < 1.29 is 0 Å². The maximum absolute atomic E-state index is 5.27. The molecule has 278 valence electrons. The molecule has 0 amide bonds. The summed E-state index contributed by atoms with van der Waals surface area (Å²) in [5.74, 6) is 3.70. The normalized spacial score (nSPS) is 22.3. The zero-order valence-corrected chi connectivity index (χ0v) is 32.6. The number of nitrogens with zero attached hydrogens (tertiary/aromatic N) is 8. The van der Waals surface area contributed by atoms with E-state index in [2.05, 4.69) is 163 Å². The second-order valence-corrected chi connectivity index (χ2v) is 15.5. The summed E-state index contributed by atoms with van der Waals surface area (Å²) < 4.78 is 0. The molecule has 3 aliphatic rings. The highest BCUT2D eigenvalue weighted by molar-refractivity contribution is 5.87. The van der Waals surface area contributed by atoms with Crippen molar-refractivity contribution in [1.82, 2.24) is 19.9 Å². The van der Waals surface area contributed by atoms with Crippen molar-refractivity contribution in [2.24, 2.45) is 5.41 Å². The molecule has 0 N–H and O–H groups in total. The predicted molar refractivity (Wildman–Crippen MR) is 224 cm³/mol. The number of benzene rings is 4. The van der Waals surface area contributed by atoms with E-state index >= 15 is 0 Å². The van der Waals surface area contributed by atoms with Gasteiger partial charge in [-0.15, -0.1) is 0 Å². The molecular formula is C47H50N8. The molecule has 55 heavy (non-hydrogen) atoms. The summed E-state index contributed by atoms with van der Waals surface area (Å²) >= 11 is 0. The summed E-state index contributed by atoms with van der Waals surface area (Å²) in [5, 5.41) is 0. The lowest BCUT2D eigenvalue weighted by atomic mass is 9.52. The quantitative estimate of drug-likeness (QED) is 0.138. The molecule has 0 aliphatic carbocycles. The van der Waals surface area contributed by atoms with Crippen molar-refractivity contribution in [2.75, 3.05) is 19.6 Å². The Morgan fingerprint density at radius 3 is 1.85 bits per heavy atom. The largest absolute Gasteiger partial charge is 0.302 e. The fraction of sp³-hybridized carbons (Fsp3) is 0.319. The lowest BCUT2D eigenvalue weighted by molar-refractivity contribution is 0.0702. The van der Waals surface area contributed by atoms with Gasteiger partial charge in [0.05, 0.1) is 11.9 Å². The summed E-state index contributed by atoms with van der Waals surface area (Å²) in [5.41, 5.74) is 8.01. The number of aromatic nitrogens is 4. The lowest BCUT2D eigenvalue weighted by Gasteiger charge is -2.60. The van der Waals surface area contributed by atoms with Gasteiger partial charge in [0.15, 0.2) is 23.3 Å². The van der Waals surface area contributed by atoms with Crippen molar-refractivity contribution in [3.05, 3.63) is 145 Å². The summed E-state index contributed by atoms with van der Waals surface area (Å²) in [6.45, 7) is 11.7. The molecule has 8 nitrogen and oxygen atoms in total. The highest BCUT2D eigenvalue weighted by atomic mass is 15.5. The van der Waals surface area contributed by atoms with Crippen molar-refractivity contribution in [2.45, 2.75) is 90.9 Å². The molecular weight excluding hydrogens is 677 g/mol. The van der Waals surface area contributed by atoms with E-state index in [9.17, 15) is 0 Å². The van der Waals surface area contributed by atoms with E-state index in [-0.39, 0.29) is 23.2 Å². The molecule has 8 heteroatoms. The zero-order chi connectivity index (χ0) is 37.7. The molecule has 5 heterocycles. The smallest absolute Gasteiger partial charge is 0.178 e. The third-order valence-corrected chi connectivity index (χ3v) is 13.0. The molecule has 2 aromatic heterocycles. The van der Waals surface area contributed by atoms with Gasteiger partial charge in [0.1, 0.15) is 12.3 Å². The SMILES string of the molecule is CCc1cnc2c(n1)N(c1ccccc1)C(CCCC1(CC)c3ccccc3N3c4nccnc4N(c4ccccc4)C3C1(C)CC)N2c1ccccc1C. The molecule has 9 rings (SSSR count). The second-order valence-electron chi connectivity index (χ2n) is 15.5. The number of fused-ring (bicyclic) bond motifs is 6. The van der Waals surface area contributed by atoms with Gasteiger partial charge < -0.3 is 19.6 Å². The van der Waals surface area contributed by atoms with E-state index in [1.165, 1.54) is 22.5 Å². The van der Waals surface area contributed by atoms with E-state index in [1.807, 2.05) is 18.6 Å². The van der Waals surface area contributed by atoms with Crippen LogP contribution in [0.1, 0.15) is 76.6 Å². The third kappa shape index (κ3) is 5.24. The minimum Gasteiger partial charge on any atom is -0.302 e. The van der Waals surface area contributed by atoms with Gasteiger partial charge in [-0.25, -0.2) is 19.9 Å². The highest BCUT2D eigenvalue weighted by Gasteiger charge is 2.62. The van der Waals surface area contributed by atoms with Crippen LogP contribution in [-0.4, -0.2) is 32.3 Å². The van der Waals surface area contributed by atoms with Crippen LogP contribution >= 0.6 is 0 Å². The predicted octanol–water partition coefficient (Wildman–Crippen LogP) is 11.3. The number of para-hydroxylation sites is 4. The van der Waals surface area contributed by atoms with Crippen LogP contribution in [0.15, 0.2) is 128 Å². The van der Waals surface area contributed by atoms with Gasteiger partial charge in [-0.3, -0.25) is 0 Å². The molecule has 0 fully saturated rings. The van der Waals surface area contributed by atoms with Gasteiger partial charge in [0.25, 0.3) is 0 Å². The number of hydrogen-bond donors (Lipinski definition) is 0. The molecule has 0 bridgehead atoms. The molecule has 0 saturated heterocycles. The van der Waals surface area contributed by atoms with Crippen molar-refractivity contribution >= 4 is 46.0 Å². The van der Waals surface area contributed by atoms with Crippen LogP contribution in [-0.2, 0) is 11.8 Å². The van der Waals surface area contributed by atoms with Gasteiger partial charge in [-0.2, -0.15) is 0 Å². The first-order chi connectivity index (χ1) is 27.0. The van der Waals surface area contributed by atoms with Crippen molar-refractivity contribution in [1.29, 1.82) is 0 Å². The Bertz CT molecular complexity index is 2310. The van der Waals surface area contributed by atoms with Crippen LogP contribution in [0.4, 0.5) is 46.0 Å². The Labute approximate surface area is 325 Å². The van der Waals surface area contributed by atoms with Gasteiger partial charge in [-0.05, 0) is 93.0 Å². The minimum absolute atomic E-state index is 0.00645. The first-order valence-electron chi connectivity index (χ1n) is 20.0. The fourth-order valence-electron chi connectivity index (χ4n) is 10.2. The monoisotopic (exact) mass is 726 g/mol. The van der Waals surface area contributed by atoms with Crippen molar-refractivity contribution in [3.8, 4) is 0 Å². The Morgan fingerprint density at radius 1 is 0.600 bits per heavy atom. The molecule has 3 aliphatic heterocycles. The van der Waals surface area contributed by atoms with Crippen LogP contribution in [0.3, 0.4) is 0 Å². The van der Waals surface area contributed by atoms with E-state index in [0.717, 1.165) is 78.9 Å². The molecule has 0 saturated carbocycles. The number of aryl methyl sites for hydroxylation is 2. The maximum Gasteiger partial charge on any atom is 0.178 e. The van der Waals surface area contributed by atoms with Gasteiger partial charge in [0.2, 0.25) is 0 Å². The minimum atomic E-state index is -0.180. The Kier molecular flexibility index (Phi) is 8.79. The number of hydrogen-bond acceptors (Lipinski definition) is 8. The average Bonchev–Trinajstić information content (AvgIpc) is 3.76. The van der Waals surface area contributed by atoms with Crippen LogP contribution in [0, 0.1) is 12.3 Å². The van der Waals surface area contributed by atoms with Crippen LogP contribution in [0.25, 0.3) is 0 Å². The third-order valence-electron chi connectivity index (χ3n) is 13.0. The molecule has 0 radical (unpaired) electrons. The molecule has 4 aromatic carbocycles. The highest BCUT2D eigenvalue weighted by Crippen LogP contribution is 2.65. The average molecular weight is 727 g/mol. The summed E-state index contributed by atoms with van der Waals surface area (Å²) in [6.07, 6.45) is 11.4. The summed E-state index contributed by atoms with van der Waals surface area (Å²) in [6, 6.07) is 39.4. The maximum atomic E-state index is 5.27. The van der Waals surface area contributed by atoms with Crippen LogP contribution in [0.5, 0.6) is 0 Å². The van der Waals surface area contributed by atoms with E-state index in [4.69, 9.17) is 19.9 Å². The first-order valence-corrected chi connectivity index (χ1v) is 20.0. The Morgan fingerprint density at radius 2 is 1.20 bits per heavy atom. The number of anilines is 8. The summed E-state index contributed by atoms with van der Waals surface area (Å²) in [7, 11) is 0. The molecule has 0 spiro atoms. The van der Waals surface area contributed by atoms with Crippen LogP contribution < -0.4 is 19.6 Å². The van der Waals surface area contributed by atoms with E-state index < -0.39 is 0 Å². The second kappa shape index (κ2) is 13.8. The molecule has 6 aromatic rings. The Hall–Kier alpha value is -5.76. The standard InChI is InChI=1S/C47H50N8/c1-6-34-32-50-43-44(51-34)52(35-21-11-9-12-22-35)40(54(43)38-26-17-15-20-33(38)4)28-19-29-47(8-3)37-25-16-18-27-39(37)55-42-41(48-30-31-49-42)53(36-23-13-10-14-24-36)45(55)46(47,5)7-2/h9-18,20-27,30-32,40,45H,6-8,19,28-29H2,1-5H3. The molecule has 4 atom stereocenters. The van der Waals surface area contributed by atoms with Gasteiger partial charge >= 0.3 is 0 Å². The first kappa shape index (κ1) is 35.0. The van der Waals surface area contributed by atoms with Gasteiger partial charge in [-0.1, -0.05) is 100 Å².